The number of benzene rings is 6. The molecule has 7 aromatic rings. The second kappa shape index (κ2) is 11.8. The fourth-order valence-electron chi connectivity index (χ4n) is 7.36. The molecular weight excluding hydrogens is 571 g/mol. The first kappa shape index (κ1) is 30.4. The van der Waals surface area contributed by atoms with E-state index in [4.69, 9.17) is 0 Å². The molecule has 1 heterocycles. The molecule has 7 rings (SSSR count). The Labute approximate surface area is 279 Å². The Morgan fingerprint density at radius 3 is 0.809 bits per heavy atom. The van der Waals surface area contributed by atoms with Crippen LogP contribution >= 0.6 is 0 Å². The zero-order valence-electron chi connectivity index (χ0n) is 28.8. The van der Waals surface area contributed by atoms with Crippen molar-refractivity contribution in [2.75, 3.05) is 9.80 Å². The number of aromatic nitrogens is 1. The topological polar surface area (TPSA) is 22.3 Å². The fraction of sp³-hybridized carbons (Fsp3) is 0.182. The van der Waals surface area contributed by atoms with E-state index in [2.05, 4.69) is 179 Å². The zero-order chi connectivity index (χ0) is 33.0. The van der Waals surface area contributed by atoms with Gasteiger partial charge >= 0.3 is 0 Å². The molecule has 0 saturated heterocycles. The molecule has 47 heavy (non-hydrogen) atoms. The van der Waals surface area contributed by atoms with E-state index in [0.717, 1.165) is 22.4 Å². The summed E-state index contributed by atoms with van der Waals surface area (Å²) in [7, 11) is 0. The van der Waals surface area contributed by atoms with Gasteiger partial charge in [0.2, 0.25) is 0 Å². The predicted molar refractivity (Wildman–Crippen MR) is 203 cm³/mol. The Kier molecular flexibility index (Phi) is 7.64. The molecule has 1 aromatic heterocycles. The molecule has 0 fully saturated rings. The maximum atomic E-state index is 3.71. The van der Waals surface area contributed by atoms with Crippen molar-refractivity contribution in [3.8, 4) is 0 Å². The molecule has 0 aliphatic rings. The minimum absolute atomic E-state index is 1.13. The summed E-state index contributed by atoms with van der Waals surface area (Å²) in [5.41, 5.74) is 19.3. The summed E-state index contributed by atoms with van der Waals surface area (Å²) in [6, 6.07) is 40.9. The SMILES string of the molecule is Cc1cc(C)cc(N(c2cc(C)cc(C)c2)c2ccc3[nH]c4ccc(N(c5cc(C)cc(C)c5)c5cc(C)cc(C)c5)cc4c3c2)c1. The third-order valence-corrected chi connectivity index (χ3v) is 8.94. The van der Waals surface area contributed by atoms with Crippen LogP contribution in [0.4, 0.5) is 34.1 Å². The summed E-state index contributed by atoms with van der Waals surface area (Å²) in [4.78, 5) is 8.51. The van der Waals surface area contributed by atoms with Crippen LogP contribution in [0.25, 0.3) is 21.8 Å². The van der Waals surface area contributed by atoms with E-state index in [1.54, 1.807) is 0 Å². The Bertz CT molecular complexity index is 1960. The molecule has 0 bridgehead atoms. The minimum Gasteiger partial charge on any atom is -0.355 e. The number of aromatic amines is 1. The van der Waals surface area contributed by atoms with E-state index in [1.165, 1.54) is 78.0 Å². The van der Waals surface area contributed by atoms with Crippen LogP contribution in [0.3, 0.4) is 0 Å². The number of aryl methyl sites for hydroxylation is 8. The lowest BCUT2D eigenvalue weighted by Crippen LogP contribution is -2.11. The molecule has 0 aliphatic carbocycles. The average Bonchev–Trinajstić information content (AvgIpc) is 3.33. The van der Waals surface area contributed by atoms with Crippen LogP contribution in [0.2, 0.25) is 0 Å². The zero-order valence-corrected chi connectivity index (χ0v) is 28.8. The average molecular weight is 614 g/mol. The molecular formula is C44H43N3. The molecule has 0 amide bonds. The van der Waals surface area contributed by atoms with E-state index >= 15 is 0 Å². The van der Waals surface area contributed by atoms with Crippen molar-refractivity contribution in [1.29, 1.82) is 0 Å². The second-order valence-electron chi connectivity index (χ2n) is 13.6. The highest BCUT2D eigenvalue weighted by atomic mass is 15.1. The lowest BCUT2D eigenvalue weighted by atomic mass is 10.0. The van der Waals surface area contributed by atoms with Crippen LogP contribution in [0, 0.1) is 55.4 Å². The molecule has 3 heteroatoms. The highest BCUT2D eigenvalue weighted by molar-refractivity contribution is 6.10. The summed E-state index contributed by atoms with van der Waals surface area (Å²) < 4.78 is 0. The Morgan fingerprint density at radius 2 is 0.553 bits per heavy atom. The van der Waals surface area contributed by atoms with Crippen molar-refractivity contribution < 1.29 is 0 Å². The highest BCUT2D eigenvalue weighted by Gasteiger charge is 2.19. The van der Waals surface area contributed by atoms with Crippen LogP contribution in [-0.2, 0) is 0 Å². The molecule has 0 saturated carbocycles. The number of rotatable bonds is 6. The molecule has 0 atom stereocenters. The number of nitrogens with one attached hydrogen (secondary N) is 1. The van der Waals surface area contributed by atoms with Gasteiger partial charge in [-0.3, -0.25) is 0 Å². The maximum Gasteiger partial charge on any atom is 0.0469 e. The van der Waals surface area contributed by atoms with Crippen molar-refractivity contribution in [3.63, 3.8) is 0 Å². The number of nitrogens with zero attached hydrogens (tertiary/aromatic N) is 2. The minimum atomic E-state index is 1.13. The van der Waals surface area contributed by atoms with Gasteiger partial charge in [0.05, 0.1) is 0 Å². The van der Waals surface area contributed by atoms with Crippen LogP contribution in [0.1, 0.15) is 44.5 Å². The first-order valence-corrected chi connectivity index (χ1v) is 16.5. The highest BCUT2D eigenvalue weighted by Crippen LogP contribution is 2.42. The van der Waals surface area contributed by atoms with E-state index in [9.17, 15) is 0 Å². The van der Waals surface area contributed by atoms with Crippen molar-refractivity contribution in [2.45, 2.75) is 55.4 Å². The third-order valence-electron chi connectivity index (χ3n) is 8.94. The van der Waals surface area contributed by atoms with Crippen LogP contribution in [0.15, 0.2) is 109 Å². The Hall–Kier alpha value is -5.28. The van der Waals surface area contributed by atoms with Gasteiger partial charge in [0.15, 0.2) is 0 Å². The quantitative estimate of drug-likeness (QED) is 0.202. The lowest BCUT2D eigenvalue weighted by molar-refractivity contribution is 1.24. The molecule has 0 unspecified atom stereocenters. The first-order chi connectivity index (χ1) is 22.5. The smallest absolute Gasteiger partial charge is 0.0469 e. The van der Waals surface area contributed by atoms with Gasteiger partial charge in [0.1, 0.15) is 0 Å². The van der Waals surface area contributed by atoms with Gasteiger partial charge in [-0.2, -0.15) is 0 Å². The van der Waals surface area contributed by atoms with Gasteiger partial charge in [-0.05, 0) is 185 Å². The maximum absolute atomic E-state index is 3.71. The summed E-state index contributed by atoms with van der Waals surface area (Å²) in [6.07, 6.45) is 0. The van der Waals surface area contributed by atoms with E-state index in [-0.39, 0.29) is 0 Å². The second-order valence-corrected chi connectivity index (χ2v) is 13.6. The molecule has 1 N–H and O–H groups in total. The molecule has 0 spiro atoms. The number of fused-ring (bicyclic) bond motifs is 3. The Morgan fingerprint density at radius 1 is 0.298 bits per heavy atom. The molecule has 6 aromatic carbocycles. The number of anilines is 6. The van der Waals surface area contributed by atoms with Crippen molar-refractivity contribution in [1.82, 2.24) is 4.98 Å². The molecule has 3 nitrogen and oxygen atoms in total. The summed E-state index contributed by atoms with van der Waals surface area (Å²) >= 11 is 0. The summed E-state index contributed by atoms with van der Waals surface area (Å²) in [6.45, 7) is 17.4. The van der Waals surface area contributed by atoms with Crippen molar-refractivity contribution in [3.05, 3.63) is 154 Å². The van der Waals surface area contributed by atoms with E-state index in [0.29, 0.717) is 0 Å². The van der Waals surface area contributed by atoms with Crippen LogP contribution in [-0.4, -0.2) is 4.98 Å². The standard InChI is InChI=1S/C44H43N3/c1-27-13-28(2)18-37(17-27)46(38-19-29(3)14-30(4)20-38)35-9-11-43-41(25-35)42-26-36(10-12-44(42)45-43)47(39-21-31(5)15-32(6)22-39)40-23-33(7)16-34(8)24-40/h9-26,45H,1-8H3. The van der Waals surface area contributed by atoms with Gasteiger partial charge in [-0.25, -0.2) is 0 Å². The largest absolute Gasteiger partial charge is 0.355 e. The number of H-pyrrole nitrogens is 1. The van der Waals surface area contributed by atoms with Crippen molar-refractivity contribution in [2.24, 2.45) is 0 Å². The van der Waals surface area contributed by atoms with E-state index < -0.39 is 0 Å². The summed E-state index contributed by atoms with van der Waals surface area (Å²) in [5.74, 6) is 0. The van der Waals surface area contributed by atoms with Crippen molar-refractivity contribution >= 4 is 55.9 Å². The molecule has 0 radical (unpaired) electrons. The third kappa shape index (κ3) is 6.02. The fourth-order valence-corrected chi connectivity index (χ4v) is 7.36. The number of hydrogen-bond acceptors (Lipinski definition) is 2. The van der Waals surface area contributed by atoms with Crippen LogP contribution in [0.5, 0.6) is 0 Å². The van der Waals surface area contributed by atoms with Gasteiger partial charge < -0.3 is 14.8 Å². The van der Waals surface area contributed by atoms with Gasteiger partial charge in [0, 0.05) is 55.9 Å². The molecule has 234 valence electrons. The van der Waals surface area contributed by atoms with Gasteiger partial charge in [-0.1, -0.05) is 24.3 Å². The van der Waals surface area contributed by atoms with E-state index in [1.807, 2.05) is 0 Å². The lowest BCUT2D eigenvalue weighted by Gasteiger charge is -2.27. The first-order valence-electron chi connectivity index (χ1n) is 16.5. The molecule has 0 aliphatic heterocycles. The monoisotopic (exact) mass is 613 g/mol. The van der Waals surface area contributed by atoms with Crippen LogP contribution < -0.4 is 9.80 Å². The predicted octanol–water partition coefficient (Wildman–Crippen LogP) is 12.7. The van der Waals surface area contributed by atoms with Gasteiger partial charge in [0.25, 0.3) is 0 Å². The Balaban J connectivity index is 1.44. The number of hydrogen-bond donors (Lipinski definition) is 1. The van der Waals surface area contributed by atoms with Gasteiger partial charge in [-0.15, -0.1) is 0 Å². The normalized spacial score (nSPS) is 11.4. The summed E-state index contributed by atoms with van der Waals surface area (Å²) in [5, 5.41) is 2.41.